The quantitative estimate of drug-likeness (QED) is 0.156. The molecule has 1 nitrogen and oxygen atoms in total. The molecule has 0 bridgehead atoms. The number of hydrogen-bond donors (Lipinski definition) is 0. The molecule has 0 spiro atoms. The monoisotopic (exact) mass is 765 g/mol. The predicted octanol–water partition coefficient (Wildman–Crippen LogP) is 16.4. The largest absolute Gasteiger partial charge is 0.310 e. The van der Waals surface area contributed by atoms with Gasteiger partial charge in [-0.15, -0.1) is 0 Å². The van der Waals surface area contributed by atoms with Crippen LogP contribution in [0.1, 0.15) is 25.0 Å². The van der Waals surface area contributed by atoms with Gasteiger partial charge in [0, 0.05) is 22.4 Å². The molecule has 0 fully saturated rings. The molecule has 284 valence electrons. The molecule has 10 aromatic carbocycles. The van der Waals surface area contributed by atoms with Crippen LogP contribution in [-0.2, 0) is 5.41 Å². The van der Waals surface area contributed by atoms with Gasteiger partial charge in [-0.05, 0) is 113 Å². The first-order chi connectivity index (χ1) is 29.5. The first kappa shape index (κ1) is 35.7. The summed E-state index contributed by atoms with van der Waals surface area (Å²) in [5, 5.41) is 5.06. The van der Waals surface area contributed by atoms with Gasteiger partial charge in [-0.25, -0.2) is 0 Å². The van der Waals surface area contributed by atoms with Crippen LogP contribution in [0.5, 0.6) is 0 Å². The van der Waals surface area contributed by atoms with Crippen molar-refractivity contribution in [3.8, 4) is 55.6 Å². The van der Waals surface area contributed by atoms with E-state index in [-0.39, 0.29) is 5.41 Å². The highest BCUT2D eigenvalue weighted by Crippen LogP contribution is 2.56. The van der Waals surface area contributed by atoms with Crippen molar-refractivity contribution in [2.75, 3.05) is 4.90 Å². The number of fused-ring (bicyclic) bond motifs is 6. The molecule has 0 aromatic heterocycles. The number of benzene rings is 10. The highest BCUT2D eigenvalue weighted by atomic mass is 15.1. The molecular weight excluding hydrogens is 723 g/mol. The van der Waals surface area contributed by atoms with Gasteiger partial charge in [-0.1, -0.05) is 208 Å². The van der Waals surface area contributed by atoms with E-state index >= 15 is 0 Å². The summed E-state index contributed by atoms with van der Waals surface area (Å²) in [6.45, 7) is 4.76. The maximum atomic E-state index is 2.48. The molecule has 0 atom stereocenters. The number of nitrogens with zero attached hydrogens (tertiary/aromatic N) is 1. The van der Waals surface area contributed by atoms with Gasteiger partial charge in [0.25, 0.3) is 0 Å². The highest BCUT2D eigenvalue weighted by Gasteiger charge is 2.39. The standard InChI is InChI=1S/C59H43N/c1-59(2)53-27-14-28-55(58(53)57-52-24-10-9-19-44(52)35-38-54(57)59)60(49-23-11-22-47(39-49)42-31-29-41(30-32-42)40-15-5-3-6-16-40)48-36-33-45(34-37-48)51-26-13-21-46-20-12-25-50(56(46)51)43-17-7-4-8-18-43/h3-39H,1-2H3. The summed E-state index contributed by atoms with van der Waals surface area (Å²) in [5.74, 6) is 0. The van der Waals surface area contributed by atoms with Crippen molar-refractivity contribution in [2.24, 2.45) is 0 Å². The molecule has 0 aliphatic heterocycles. The normalized spacial score (nSPS) is 12.6. The second kappa shape index (κ2) is 14.4. The predicted molar refractivity (Wildman–Crippen MR) is 255 cm³/mol. The maximum absolute atomic E-state index is 2.48. The second-order valence-electron chi connectivity index (χ2n) is 16.5. The molecule has 0 saturated carbocycles. The van der Waals surface area contributed by atoms with E-state index in [1.165, 1.54) is 94.0 Å². The van der Waals surface area contributed by atoms with E-state index in [4.69, 9.17) is 0 Å². The molecule has 0 unspecified atom stereocenters. The fourth-order valence-electron chi connectivity index (χ4n) is 9.68. The summed E-state index contributed by atoms with van der Waals surface area (Å²) in [7, 11) is 0. The maximum Gasteiger partial charge on any atom is 0.0543 e. The lowest BCUT2D eigenvalue weighted by Gasteiger charge is -2.29. The molecule has 11 rings (SSSR count). The Hall–Kier alpha value is -7.48. The molecule has 1 aliphatic carbocycles. The van der Waals surface area contributed by atoms with Crippen molar-refractivity contribution in [1.82, 2.24) is 0 Å². The fraction of sp³-hybridized carbons (Fsp3) is 0.0508. The van der Waals surface area contributed by atoms with Gasteiger partial charge in [-0.2, -0.15) is 0 Å². The lowest BCUT2D eigenvalue weighted by atomic mass is 9.82. The van der Waals surface area contributed by atoms with E-state index < -0.39 is 0 Å². The molecule has 0 radical (unpaired) electrons. The van der Waals surface area contributed by atoms with Crippen LogP contribution in [0.4, 0.5) is 17.1 Å². The van der Waals surface area contributed by atoms with Crippen molar-refractivity contribution in [3.63, 3.8) is 0 Å². The van der Waals surface area contributed by atoms with Crippen molar-refractivity contribution in [3.05, 3.63) is 236 Å². The van der Waals surface area contributed by atoms with E-state index in [2.05, 4.69) is 243 Å². The van der Waals surface area contributed by atoms with E-state index in [9.17, 15) is 0 Å². The zero-order valence-electron chi connectivity index (χ0n) is 33.8. The Balaban J connectivity index is 1.09. The van der Waals surface area contributed by atoms with Crippen LogP contribution in [-0.4, -0.2) is 0 Å². The molecule has 0 saturated heterocycles. The summed E-state index contributed by atoms with van der Waals surface area (Å²) in [5.41, 5.74) is 18.3. The molecule has 0 amide bonds. The Labute approximate surface area is 352 Å². The van der Waals surface area contributed by atoms with Crippen LogP contribution < -0.4 is 4.90 Å². The third-order valence-corrected chi connectivity index (χ3v) is 12.7. The lowest BCUT2D eigenvalue weighted by molar-refractivity contribution is 0.661. The highest BCUT2D eigenvalue weighted by molar-refractivity contribution is 6.08. The van der Waals surface area contributed by atoms with E-state index in [1.54, 1.807) is 0 Å². The molecule has 10 aromatic rings. The molecular formula is C59H43N. The average Bonchev–Trinajstić information content (AvgIpc) is 3.56. The molecule has 60 heavy (non-hydrogen) atoms. The van der Waals surface area contributed by atoms with Gasteiger partial charge in [-0.3, -0.25) is 0 Å². The summed E-state index contributed by atoms with van der Waals surface area (Å²) >= 11 is 0. The summed E-state index contributed by atoms with van der Waals surface area (Å²) in [6, 6.07) is 82.3. The molecule has 1 heteroatoms. The van der Waals surface area contributed by atoms with Gasteiger partial charge in [0.1, 0.15) is 0 Å². The SMILES string of the molecule is CC1(C)c2cccc(N(c3ccc(-c4cccc5cccc(-c6ccccc6)c45)cc3)c3cccc(-c4ccc(-c5ccccc5)cc4)c3)c2-c2c1ccc1ccccc21. The van der Waals surface area contributed by atoms with Crippen molar-refractivity contribution >= 4 is 38.6 Å². The summed E-state index contributed by atoms with van der Waals surface area (Å²) < 4.78 is 0. The minimum atomic E-state index is -0.159. The first-order valence-corrected chi connectivity index (χ1v) is 20.9. The minimum absolute atomic E-state index is 0.159. The van der Waals surface area contributed by atoms with Crippen molar-refractivity contribution in [1.29, 1.82) is 0 Å². The van der Waals surface area contributed by atoms with Crippen LogP contribution in [0.25, 0.3) is 77.2 Å². The van der Waals surface area contributed by atoms with Gasteiger partial charge in [0.15, 0.2) is 0 Å². The zero-order valence-corrected chi connectivity index (χ0v) is 33.8. The summed E-state index contributed by atoms with van der Waals surface area (Å²) in [4.78, 5) is 2.48. The van der Waals surface area contributed by atoms with Crippen molar-refractivity contribution in [2.45, 2.75) is 19.3 Å². The van der Waals surface area contributed by atoms with Crippen LogP contribution in [0.15, 0.2) is 224 Å². The number of anilines is 3. The van der Waals surface area contributed by atoms with Gasteiger partial charge in [0.2, 0.25) is 0 Å². The Morgan fingerprint density at radius 3 is 1.57 bits per heavy atom. The van der Waals surface area contributed by atoms with Crippen LogP contribution in [0.2, 0.25) is 0 Å². The fourth-order valence-corrected chi connectivity index (χ4v) is 9.68. The molecule has 0 N–H and O–H groups in total. The number of rotatable bonds is 7. The topological polar surface area (TPSA) is 3.24 Å². The van der Waals surface area contributed by atoms with Gasteiger partial charge >= 0.3 is 0 Å². The van der Waals surface area contributed by atoms with Gasteiger partial charge < -0.3 is 4.90 Å². The van der Waals surface area contributed by atoms with E-state index in [1.807, 2.05) is 0 Å². The zero-order chi connectivity index (χ0) is 40.2. The Kier molecular flexibility index (Phi) is 8.57. The van der Waals surface area contributed by atoms with Crippen LogP contribution >= 0.6 is 0 Å². The Morgan fingerprint density at radius 1 is 0.333 bits per heavy atom. The number of hydrogen-bond acceptors (Lipinski definition) is 1. The smallest absolute Gasteiger partial charge is 0.0543 e. The van der Waals surface area contributed by atoms with Crippen molar-refractivity contribution < 1.29 is 0 Å². The minimum Gasteiger partial charge on any atom is -0.310 e. The molecule has 1 aliphatic rings. The van der Waals surface area contributed by atoms with Crippen LogP contribution in [0.3, 0.4) is 0 Å². The molecule has 0 heterocycles. The first-order valence-electron chi connectivity index (χ1n) is 20.9. The van der Waals surface area contributed by atoms with Crippen LogP contribution in [0, 0.1) is 0 Å². The third kappa shape index (κ3) is 5.93. The lowest BCUT2D eigenvalue weighted by Crippen LogP contribution is -2.16. The Bertz CT molecular complexity index is 3190. The Morgan fingerprint density at radius 2 is 0.850 bits per heavy atom. The van der Waals surface area contributed by atoms with E-state index in [0.29, 0.717) is 0 Å². The summed E-state index contributed by atoms with van der Waals surface area (Å²) in [6.07, 6.45) is 0. The average molecular weight is 766 g/mol. The van der Waals surface area contributed by atoms with Gasteiger partial charge in [0.05, 0.1) is 5.69 Å². The second-order valence-corrected chi connectivity index (χ2v) is 16.5. The third-order valence-electron chi connectivity index (χ3n) is 12.7. The van der Waals surface area contributed by atoms with E-state index in [0.717, 1.165) is 11.4 Å².